The van der Waals surface area contributed by atoms with E-state index in [0.29, 0.717) is 20.9 Å². The minimum Gasteiger partial charge on any atom is -0.308 e. The van der Waals surface area contributed by atoms with E-state index in [-0.39, 0.29) is 0 Å². The fourth-order valence-electron chi connectivity index (χ4n) is 10.7. The lowest BCUT2D eigenvalue weighted by Gasteiger charge is -2.49. The monoisotopic (exact) mass is 786 g/mol. The van der Waals surface area contributed by atoms with Crippen LogP contribution in [0, 0.1) is 0 Å². The molecule has 0 aliphatic carbocycles. The Hall–Kier alpha value is -7.47. The number of fused-ring (bicyclic) bond motifs is 17. The smallest absolute Gasteiger partial charge is 0.207 e. The highest BCUT2D eigenvalue weighted by Gasteiger charge is 2.59. The number of benzene rings is 11. The van der Waals surface area contributed by atoms with Gasteiger partial charge >= 0.3 is 0 Å². The fraction of sp³-hybridized carbons (Fsp3) is 0.0182. The Bertz CT molecular complexity index is 3470. The topological polar surface area (TPSA) is 40.6 Å². The molecule has 2 heterocycles. The molecule has 0 saturated heterocycles. The highest BCUT2D eigenvalue weighted by Crippen LogP contribution is 2.63. The molecule has 60 heavy (non-hydrogen) atoms. The van der Waals surface area contributed by atoms with E-state index in [2.05, 4.69) is 168 Å². The van der Waals surface area contributed by atoms with Crippen molar-refractivity contribution in [2.45, 2.75) is 15.5 Å². The van der Waals surface area contributed by atoms with E-state index in [1.807, 2.05) is 36.4 Å². The third kappa shape index (κ3) is 4.21. The molecular formula is C55H34N2O2S. The predicted molar refractivity (Wildman–Crippen MR) is 248 cm³/mol. The Morgan fingerprint density at radius 1 is 0.300 bits per heavy atom. The summed E-state index contributed by atoms with van der Waals surface area (Å²) in [5, 5.41) is 14.2. The molecule has 0 bridgehead atoms. The summed E-state index contributed by atoms with van der Waals surface area (Å²) in [6.45, 7) is 0. The van der Waals surface area contributed by atoms with Crippen molar-refractivity contribution in [3.05, 3.63) is 217 Å². The van der Waals surface area contributed by atoms with Gasteiger partial charge in [0.1, 0.15) is 0 Å². The Labute approximate surface area is 346 Å². The van der Waals surface area contributed by atoms with E-state index >= 15 is 0 Å². The van der Waals surface area contributed by atoms with E-state index in [1.165, 1.54) is 53.9 Å². The van der Waals surface area contributed by atoms with E-state index < -0.39 is 15.5 Å². The molecule has 13 rings (SSSR count). The summed E-state index contributed by atoms with van der Waals surface area (Å²) in [4.78, 5) is 5.42. The summed E-state index contributed by atoms with van der Waals surface area (Å²) >= 11 is 0. The molecule has 0 fully saturated rings. The average Bonchev–Trinajstić information content (AvgIpc) is 3.62. The average molecular weight is 787 g/mol. The van der Waals surface area contributed by atoms with Gasteiger partial charge in [-0.3, -0.25) is 0 Å². The van der Waals surface area contributed by atoms with Crippen LogP contribution in [0.2, 0.25) is 0 Å². The van der Waals surface area contributed by atoms with Gasteiger partial charge in [0.05, 0.1) is 21.2 Å². The van der Waals surface area contributed by atoms with Crippen LogP contribution >= 0.6 is 0 Å². The summed E-state index contributed by atoms with van der Waals surface area (Å²) in [5.41, 5.74) is 4.11. The van der Waals surface area contributed by atoms with Crippen LogP contribution in [-0.4, -0.2) is 8.42 Å². The van der Waals surface area contributed by atoms with Crippen LogP contribution in [0.25, 0.3) is 64.6 Å². The second-order valence-electron chi connectivity index (χ2n) is 16.0. The zero-order valence-electron chi connectivity index (χ0n) is 32.2. The Morgan fingerprint density at radius 2 is 0.583 bits per heavy atom. The van der Waals surface area contributed by atoms with Crippen molar-refractivity contribution in [2.75, 3.05) is 9.80 Å². The second-order valence-corrected chi connectivity index (χ2v) is 17.9. The highest BCUT2D eigenvalue weighted by molar-refractivity contribution is 7.91. The number of rotatable bonds is 2. The molecule has 2 aliphatic heterocycles. The van der Waals surface area contributed by atoms with Gasteiger partial charge in [-0.1, -0.05) is 158 Å². The molecule has 1 spiro atoms. The van der Waals surface area contributed by atoms with Gasteiger partial charge in [0.25, 0.3) is 0 Å². The molecule has 0 radical (unpaired) electrons. The second kappa shape index (κ2) is 12.0. The first-order valence-electron chi connectivity index (χ1n) is 20.4. The third-order valence-corrected chi connectivity index (χ3v) is 15.0. The third-order valence-electron chi connectivity index (χ3n) is 13.1. The zero-order valence-corrected chi connectivity index (χ0v) is 33.1. The molecule has 0 saturated carbocycles. The normalized spacial score (nSPS) is 15.0. The van der Waals surface area contributed by atoms with Crippen LogP contribution in [0.3, 0.4) is 0 Å². The van der Waals surface area contributed by atoms with Crippen molar-refractivity contribution in [3.8, 4) is 0 Å². The van der Waals surface area contributed by atoms with Crippen molar-refractivity contribution in [2.24, 2.45) is 0 Å². The molecule has 2 aliphatic rings. The summed E-state index contributed by atoms with van der Waals surface area (Å²) in [6.07, 6.45) is 0. The maximum absolute atomic E-state index is 14.8. The molecule has 5 heteroatoms. The molecule has 11 aromatic carbocycles. The van der Waals surface area contributed by atoms with Gasteiger partial charge in [0.2, 0.25) is 9.84 Å². The maximum atomic E-state index is 14.8. The number of sulfone groups is 1. The molecule has 11 aromatic rings. The summed E-state index contributed by atoms with van der Waals surface area (Å²) in [7, 11) is -3.89. The summed E-state index contributed by atoms with van der Waals surface area (Å²) < 4.78 is 29.7. The minimum atomic E-state index is -3.89. The zero-order chi connectivity index (χ0) is 39.7. The maximum Gasteiger partial charge on any atom is 0.207 e. The quantitative estimate of drug-likeness (QED) is 0.164. The van der Waals surface area contributed by atoms with Gasteiger partial charge in [-0.25, -0.2) is 8.42 Å². The van der Waals surface area contributed by atoms with Crippen molar-refractivity contribution in [1.82, 2.24) is 0 Å². The molecule has 0 atom stereocenters. The lowest BCUT2D eigenvalue weighted by Crippen LogP contribution is -2.54. The Morgan fingerprint density at radius 3 is 0.950 bits per heavy atom. The van der Waals surface area contributed by atoms with Crippen LogP contribution in [0.4, 0.5) is 22.7 Å². The largest absolute Gasteiger partial charge is 0.308 e. The number of para-hydroxylation sites is 2. The lowest BCUT2D eigenvalue weighted by atomic mass is 9.86. The first kappa shape index (κ1) is 33.5. The predicted octanol–water partition coefficient (Wildman–Crippen LogP) is 13.9. The van der Waals surface area contributed by atoms with Crippen LogP contribution in [-0.2, 0) is 15.5 Å². The summed E-state index contributed by atoms with van der Waals surface area (Å²) in [6, 6.07) is 71.9. The standard InChI is InChI=1S/C55H34N2O2S/c58-60(59)53-27-13-9-23-49(53)55(50-24-10-14-28-54(50)60)56(35-29-31-45-41-19-3-1-15-37(41)39-17-5-7-21-43(39)47(45)33-35)51-25-11-12-26-52(51)57(55)36-30-32-46-42-20-4-2-16-38(42)40-18-6-8-22-44(40)48(46)34-36/h1-34H. The van der Waals surface area contributed by atoms with Gasteiger partial charge in [0, 0.05) is 22.5 Å². The minimum absolute atomic E-state index is 0.306. The van der Waals surface area contributed by atoms with Gasteiger partial charge < -0.3 is 9.80 Å². The summed E-state index contributed by atoms with van der Waals surface area (Å²) in [5.74, 6) is 0. The van der Waals surface area contributed by atoms with E-state index in [1.54, 1.807) is 12.1 Å². The van der Waals surface area contributed by atoms with Crippen LogP contribution in [0.15, 0.2) is 216 Å². The molecule has 4 nitrogen and oxygen atoms in total. The van der Waals surface area contributed by atoms with Crippen LogP contribution < -0.4 is 9.80 Å². The molecular weight excluding hydrogens is 753 g/mol. The van der Waals surface area contributed by atoms with Crippen molar-refractivity contribution >= 4 is 97.2 Å². The van der Waals surface area contributed by atoms with Gasteiger partial charge in [0.15, 0.2) is 5.66 Å². The fourth-order valence-corrected chi connectivity index (χ4v) is 12.5. The number of nitrogens with zero attached hydrogens (tertiary/aromatic N) is 2. The SMILES string of the molecule is O=S1(=O)c2ccccc2C2(c3ccccc31)N(c1ccc3c4ccccc4c4ccccc4c3c1)c1ccccc1N2c1ccc2c3ccccc3c3ccccc3c2c1. The first-order chi connectivity index (χ1) is 29.5. The van der Waals surface area contributed by atoms with Crippen molar-refractivity contribution < 1.29 is 8.42 Å². The lowest BCUT2D eigenvalue weighted by molar-refractivity contribution is 0.514. The van der Waals surface area contributed by atoms with Crippen molar-refractivity contribution in [1.29, 1.82) is 0 Å². The highest BCUT2D eigenvalue weighted by atomic mass is 32.2. The van der Waals surface area contributed by atoms with E-state index in [9.17, 15) is 8.42 Å². The molecule has 0 unspecified atom stereocenters. The van der Waals surface area contributed by atoms with Gasteiger partial charge in [-0.05, 0) is 113 Å². The van der Waals surface area contributed by atoms with Gasteiger partial charge in [-0.15, -0.1) is 0 Å². The van der Waals surface area contributed by atoms with Gasteiger partial charge in [-0.2, -0.15) is 0 Å². The number of hydrogen-bond acceptors (Lipinski definition) is 4. The molecule has 0 N–H and O–H groups in total. The molecule has 0 aromatic heterocycles. The van der Waals surface area contributed by atoms with E-state index in [4.69, 9.17) is 0 Å². The van der Waals surface area contributed by atoms with Crippen LogP contribution in [0.1, 0.15) is 11.1 Å². The first-order valence-corrected chi connectivity index (χ1v) is 21.8. The molecule has 282 valence electrons. The van der Waals surface area contributed by atoms with E-state index in [0.717, 1.165) is 33.5 Å². The van der Waals surface area contributed by atoms with Crippen molar-refractivity contribution in [3.63, 3.8) is 0 Å². The Balaban J connectivity index is 1.19. The number of anilines is 4. The number of hydrogen-bond donors (Lipinski definition) is 0. The molecule has 0 amide bonds. The van der Waals surface area contributed by atoms with Crippen LogP contribution in [0.5, 0.6) is 0 Å². The Kier molecular flexibility index (Phi) is 6.72.